The van der Waals surface area contributed by atoms with Crippen molar-refractivity contribution in [1.82, 2.24) is 0 Å². The van der Waals surface area contributed by atoms with Crippen LogP contribution in [0.25, 0.3) is 0 Å². The highest BCUT2D eigenvalue weighted by Gasteiger charge is 2.07. The highest BCUT2D eigenvalue weighted by atomic mass is 79.9. The first-order chi connectivity index (χ1) is 9.76. The first kappa shape index (κ1) is 21.7. The Labute approximate surface area is 132 Å². The highest BCUT2D eigenvalue weighted by Crippen LogP contribution is 1.95. The molecule has 0 aliphatic rings. The van der Waals surface area contributed by atoms with Crippen LogP contribution in [0.4, 0.5) is 0 Å². The van der Waals surface area contributed by atoms with Crippen LogP contribution in [0.1, 0.15) is 12.8 Å². The lowest BCUT2D eigenvalue weighted by atomic mass is 10.3. The largest absolute Gasteiger partial charge is 0.452 e. The Balaban J connectivity index is 0. The molecule has 0 saturated carbocycles. The molecule has 0 unspecified atom stereocenters. The molecule has 0 saturated heterocycles. The fourth-order valence-electron chi connectivity index (χ4n) is 0.690. The van der Waals surface area contributed by atoms with Gasteiger partial charge in [-0.15, -0.1) is 12.8 Å². The van der Waals surface area contributed by atoms with Gasteiger partial charge in [-0.25, -0.2) is 0 Å². The number of rotatable bonds is 7. The molecule has 0 bridgehead atoms. The number of carbonyl (C=O) groups is 2. The lowest BCUT2D eigenvalue weighted by Crippen LogP contribution is -2.10. The van der Waals surface area contributed by atoms with Gasteiger partial charge in [0.25, 0.3) is 10.1 Å². The van der Waals surface area contributed by atoms with E-state index >= 15 is 0 Å². The molecule has 9 heteroatoms. The van der Waals surface area contributed by atoms with Gasteiger partial charge in [-0.1, -0.05) is 27.8 Å². The second-order valence-corrected chi connectivity index (χ2v) is 5.57. The lowest BCUT2D eigenvalue weighted by molar-refractivity contribution is -0.148. The third kappa shape index (κ3) is 20.9. The molecule has 0 radical (unpaired) electrons. The summed E-state index contributed by atoms with van der Waals surface area (Å²) in [5, 5.41) is 0.284. The standard InChI is InChI=1S/C10H10O4.C2H5BrO3S/c1-3-7-13-9(11)5-6-10(12)14-8-4-2;3-1-2-7(4,5)6/h1-2H,5-8H2;1-2H2,(H,4,5,6). The summed E-state index contributed by atoms with van der Waals surface area (Å²) in [6, 6.07) is 0. The van der Waals surface area contributed by atoms with Crippen molar-refractivity contribution in [2.45, 2.75) is 12.8 Å². The summed E-state index contributed by atoms with van der Waals surface area (Å²) in [5.74, 6) is 3.00. The number of halogens is 1. The number of alkyl halides is 1. The quantitative estimate of drug-likeness (QED) is 0.293. The molecule has 118 valence electrons. The maximum absolute atomic E-state index is 10.8. The molecular weight excluding hydrogens is 368 g/mol. The first-order valence-corrected chi connectivity index (χ1v) is 8.19. The predicted octanol–water partition coefficient (Wildman–Crippen LogP) is 0.389. The van der Waals surface area contributed by atoms with Gasteiger partial charge in [-0.3, -0.25) is 14.1 Å². The number of ether oxygens (including phenoxy) is 2. The van der Waals surface area contributed by atoms with E-state index < -0.39 is 22.1 Å². The van der Waals surface area contributed by atoms with Crippen LogP contribution >= 0.6 is 15.9 Å². The van der Waals surface area contributed by atoms with Crippen LogP contribution in [-0.2, 0) is 29.2 Å². The molecule has 0 fully saturated rings. The Morgan fingerprint density at radius 2 is 1.43 bits per heavy atom. The van der Waals surface area contributed by atoms with Crippen LogP contribution in [0, 0.1) is 24.7 Å². The predicted molar refractivity (Wildman–Crippen MR) is 79.0 cm³/mol. The Bertz CT molecular complexity index is 469. The monoisotopic (exact) mass is 382 g/mol. The van der Waals surface area contributed by atoms with E-state index in [9.17, 15) is 18.0 Å². The van der Waals surface area contributed by atoms with Crippen molar-refractivity contribution in [3.63, 3.8) is 0 Å². The van der Waals surface area contributed by atoms with Crippen LogP contribution in [-0.4, -0.2) is 49.2 Å². The minimum atomic E-state index is -3.72. The van der Waals surface area contributed by atoms with Gasteiger partial charge in [0, 0.05) is 5.33 Å². The van der Waals surface area contributed by atoms with Gasteiger partial charge in [0.15, 0.2) is 13.2 Å². The molecule has 0 atom stereocenters. The van der Waals surface area contributed by atoms with Crippen molar-refractivity contribution in [3.8, 4) is 24.7 Å². The first-order valence-electron chi connectivity index (χ1n) is 5.46. The smallest absolute Gasteiger partial charge is 0.307 e. The van der Waals surface area contributed by atoms with E-state index in [0.717, 1.165) is 0 Å². The van der Waals surface area contributed by atoms with E-state index in [2.05, 4.69) is 37.2 Å². The van der Waals surface area contributed by atoms with Crippen molar-refractivity contribution in [3.05, 3.63) is 0 Å². The Morgan fingerprint density at radius 1 is 1.05 bits per heavy atom. The zero-order valence-electron chi connectivity index (χ0n) is 11.1. The molecule has 0 amide bonds. The average molecular weight is 383 g/mol. The molecule has 0 heterocycles. The highest BCUT2D eigenvalue weighted by molar-refractivity contribution is 9.09. The SMILES string of the molecule is C#CCOC(=O)CCC(=O)OCC#C.O=S(=O)(O)CCBr. The molecule has 0 rings (SSSR count). The summed E-state index contributed by atoms with van der Waals surface area (Å²) < 4.78 is 36.5. The summed E-state index contributed by atoms with van der Waals surface area (Å²) >= 11 is 2.85. The molecule has 0 aromatic rings. The molecule has 7 nitrogen and oxygen atoms in total. The Morgan fingerprint density at radius 3 is 1.62 bits per heavy atom. The van der Waals surface area contributed by atoms with Crippen molar-refractivity contribution in [2.24, 2.45) is 0 Å². The van der Waals surface area contributed by atoms with Gasteiger partial charge < -0.3 is 9.47 Å². The van der Waals surface area contributed by atoms with Gasteiger partial charge >= 0.3 is 11.9 Å². The third-order valence-corrected chi connectivity index (χ3v) is 3.14. The van der Waals surface area contributed by atoms with Crippen LogP contribution in [0.3, 0.4) is 0 Å². The van der Waals surface area contributed by atoms with Gasteiger partial charge in [0.05, 0.1) is 18.6 Å². The molecule has 0 aromatic carbocycles. The van der Waals surface area contributed by atoms with Crippen LogP contribution in [0.5, 0.6) is 0 Å². The molecule has 0 aromatic heterocycles. The number of terminal acetylenes is 2. The Hall–Kier alpha value is -1.55. The summed E-state index contributed by atoms with van der Waals surface area (Å²) in [7, 11) is -3.72. The van der Waals surface area contributed by atoms with E-state index in [1.807, 2.05) is 0 Å². The maximum atomic E-state index is 10.8. The van der Waals surface area contributed by atoms with E-state index in [4.69, 9.17) is 17.4 Å². The van der Waals surface area contributed by atoms with Crippen molar-refractivity contribution in [2.75, 3.05) is 24.3 Å². The fourth-order valence-corrected chi connectivity index (χ4v) is 2.11. The topological polar surface area (TPSA) is 107 Å². The van der Waals surface area contributed by atoms with Gasteiger partial charge in [-0.05, 0) is 0 Å². The van der Waals surface area contributed by atoms with Crippen LogP contribution < -0.4 is 0 Å². The second-order valence-electron chi connectivity index (χ2n) is 3.20. The number of hydrogen-bond acceptors (Lipinski definition) is 6. The lowest BCUT2D eigenvalue weighted by Gasteiger charge is -2.00. The van der Waals surface area contributed by atoms with Crippen LogP contribution in [0.2, 0.25) is 0 Å². The molecule has 0 aliphatic heterocycles. The number of esters is 2. The van der Waals surface area contributed by atoms with Crippen LogP contribution in [0.15, 0.2) is 0 Å². The van der Waals surface area contributed by atoms with E-state index in [-0.39, 0.29) is 37.1 Å². The minimum absolute atomic E-state index is 0.0505. The average Bonchev–Trinajstić information content (AvgIpc) is 2.39. The van der Waals surface area contributed by atoms with Crippen molar-refractivity contribution >= 4 is 38.0 Å². The summed E-state index contributed by atoms with van der Waals surface area (Å²) in [6.45, 7) is -0.170. The summed E-state index contributed by atoms with van der Waals surface area (Å²) in [6.07, 6.45) is 9.61. The van der Waals surface area contributed by atoms with Gasteiger partial charge in [0.2, 0.25) is 0 Å². The van der Waals surface area contributed by atoms with E-state index in [1.54, 1.807) is 0 Å². The molecule has 1 N–H and O–H groups in total. The minimum Gasteiger partial charge on any atom is -0.452 e. The zero-order chi connectivity index (χ0) is 16.7. The number of hydrogen-bond donors (Lipinski definition) is 1. The maximum Gasteiger partial charge on any atom is 0.307 e. The number of carbonyl (C=O) groups excluding carboxylic acids is 2. The summed E-state index contributed by atoms with van der Waals surface area (Å²) in [4.78, 5) is 21.6. The third-order valence-electron chi connectivity index (χ3n) is 1.50. The zero-order valence-corrected chi connectivity index (χ0v) is 13.5. The second kappa shape index (κ2) is 13.4. The van der Waals surface area contributed by atoms with Gasteiger partial charge in [0.1, 0.15) is 0 Å². The Kier molecular flexibility index (Phi) is 13.9. The van der Waals surface area contributed by atoms with Crippen molar-refractivity contribution < 1.29 is 32.0 Å². The molecule has 0 aliphatic carbocycles. The summed E-state index contributed by atoms with van der Waals surface area (Å²) in [5.41, 5.74) is 0. The van der Waals surface area contributed by atoms with E-state index in [0.29, 0.717) is 0 Å². The fraction of sp³-hybridized carbons (Fsp3) is 0.500. The normalized spacial score (nSPS) is 9.33. The molecule has 21 heavy (non-hydrogen) atoms. The molecular formula is C12H15BrO7S. The van der Waals surface area contributed by atoms with E-state index in [1.165, 1.54) is 0 Å². The van der Waals surface area contributed by atoms with Crippen molar-refractivity contribution in [1.29, 1.82) is 0 Å². The van der Waals surface area contributed by atoms with Gasteiger partial charge in [-0.2, -0.15) is 8.42 Å². The molecule has 0 spiro atoms.